The van der Waals surface area contributed by atoms with Crippen LogP contribution in [0.3, 0.4) is 0 Å². The van der Waals surface area contributed by atoms with E-state index < -0.39 is 0 Å². The zero-order chi connectivity index (χ0) is 30.9. The van der Waals surface area contributed by atoms with Gasteiger partial charge in [-0.15, -0.1) is 0 Å². The van der Waals surface area contributed by atoms with Crippen LogP contribution in [0.2, 0.25) is 0 Å². The van der Waals surface area contributed by atoms with Crippen LogP contribution in [-0.4, -0.2) is 39.9 Å². The van der Waals surface area contributed by atoms with E-state index in [-0.39, 0.29) is 23.8 Å². The highest BCUT2D eigenvalue weighted by Crippen LogP contribution is 2.35. The Labute approximate surface area is 258 Å². The highest BCUT2D eigenvalue weighted by atomic mass is 16.6. The van der Waals surface area contributed by atoms with Crippen molar-refractivity contribution in [1.82, 2.24) is 0 Å². The summed E-state index contributed by atoms with van der Waals surface area (Å²) in [5.41, 5.74) is 1.98. The van der Waals surface area contributed by atoms with Crippen LogP contribution in [0.1, 0.15) is 102 Å². The Balaban J connectivity index is 1.42. The minimum absolute atomic E-state index is 0.0321. The molecular weight excluding hydrogens is 544 g/mol. The molecule has 7 heteroatoms. The molecule has 0 radical (unpaired) electrons. The van der Waals surface area contributed by atoms with Crippen LogP contribution in [0.15, 0.2) is 36.4 Å². The minimum atomic E-state index is -0.281. The first kappa shape index (κ1) is 34.3. The van der Waals surface area contributed by atoms with Crippen molar-refractivity contribution in [3.05, 3.63) is 47.5 Å². The second-order valence-corrected chi connectivity index (χ2v) is 11.7. The molecule has 43 heavy (non-hydrogen) atoms. The summed E-state index contributed by atoms with van der Waals surface area (Å²) in [5, 5.41) is 0. The molecule has 0 spiro atoms. The van der Waals surface area contributed by atoms with Crippen LogP contribution >= 0.6 is 0 Å². The molecule has 1 fully saturated rings. The Morgan fingerprint density at radius 3 is 1.79 bits per heavy atom. The van der Waals surface area contributed by atoms with Gasteiger partial charge in [-0.25, -0.2) is 0 Å². The second-order valence-electron chi connectivity index (χ2n) is 11.7. The first-order chi connectivity index (χ1) is 21.0. The average molecular weight is 597 g/mol. The third kappa shape index (κ3) is 11.4. The number of ether oxygens (including phenoxy) is 5. The van der Waals surface area contributed by atoms with Gasteiger partial charge < -0.3 is 23.7 Å². The Hall–Kier alpha value is -3.22. The van der Waals surface area contributed by atoms with Crippen molar-refractivity contribution in [2.45, 2.75) is 103 Å². The van der Waals surface area contributed by atoms with Crippen molar-refractivity contribution < 1.29 is 33.3 Å². The monoisotopic (exact) mass is 596 g/mol. The Morgan fingerprint density at radius 2 is 1.21 bits per heavy atom. The van der Waals surface area contributed by atoms with Crippen LogP contribution in [0, 0.1) is 11.8 Å². The molecular formula is C36H52O7. The molecule has 1 saturated heterocycles. The van der Waals surface area contributed by atoms with E-state index in [1.54, 1.807) is 27.4 Å². The van der Waals surface area contributed by atoms with Gasteiger partial charge in [-0.2, -0.15) is 0 Å². The van der Waals surface area contributed by atoms with Gasteiger partial charge in [-0.3, -0.25) is 9.59 Å². The molecule has 0 bridgehead atoms. The lowest BCUT2D eigenvalue weighted by Gasteiger charge is -2.17. The molecule has 0 aliphatic carbocycles. The van der Waals surface area contributed by atoms with Gasteiger partial charge >= 0.3 is 11.9 Å². The predicted octanol–water partition coefficient (Wildman–Crippen LogP) is 8.28. The maximum absolute atomic E-state index is 12.7. The fourth-order valence-electron chi connectivity index (χ4n) is 5.83. The van der Waals surface area contributed by atoms with Gasteiger partial charge in [0.05, 0.1) is 33.9 Å². The second kappa shape index (κ2) is 19.1. The van der Waals surface area contributed by atoms with Crippen LogP contribution in [0.4, 0.5) is 0 Å². The van der Waals surface area contributed by atoms with E-state index in [0.717, 1.165) is 30.4 Å². The molecule has 0 aromatic heterocycles. The molecule has 0 amide bonds. The predicted molar refractivity (Wildman–Crippen MR) is 169 cm³/mol. The topological polar surface area (TPSA) is 80.3 Å². The SMILES string of the molecule is CCCCCCCCCCCCCCC(=O)Oc1ccc(C[C@H]2C(=O)OC[C@@H]2Cc2ccc(OC)c(OC)c2)cc1OC. The first-order valence-corrected chi connectivity index (χ1v) is 16.2. The van der Waals surface area contributed by atoms with E-state index in [0.29, 0.717) is 48.9 Å². The number of unbranched alkanes of at least 4 members (excludes halogenated alkanes) is 11. The van der Waals surface area contributed by atoms with Crippen molar-refractivity contribution >= 4 is 11.9 Å². The summed E-state index contributed by atoms with van der Waals surface area (Å²) in [6.07, 6.45) is 16.6. The molecule has 3 rings (SSSR count). The molecule has 2 atom stereocenters. The number of carbonyl (C=O) groups is 2. The fraction of sp³-hybridized carbons (Fsp3) is 0.611. The smallest absolute Gasteiger partial charge is 0.311 e. The van der Waals surface area contributed by atoms with Crippen molar-refractivity contribution in [2.75, 3.05) is 27.9 Å². The maximum atomic E-state index is 12.7. The number of hydrogen-bond donors (Lipinski definition) is 0. The number of benzene rings is 2. The van der Waals surface area contributed by atoms with Crippen LogP contribution in [0.5, 0.6) is 23.0 Å². The number of esters is 2. The van der Waals surface area contributed by atoms with Gasteiger partial charge in [0.1, 0.15) is 0 Å². The quantitative estimate of drug-likeness (QED) is 0.0815. The number of hydrogen-bond acceptors (Lipinski definition) is 7. The molecule has 1 heterocycles. The highest BCUT2D eigenvalue weighted by Gasteiger charge is 2.37. The molecule has 238 valence electrons. The van der Waals surface area contributed by atoms with Gasteiger partial charge in [-0.05, 0) is 54.7 Å². The van der Waals surface area contributed by atoms with Crippen LogP contribution in [-0.2, 0) is 27.2 Å². The van der Waals surface area contributed by atoms with Gasteiger partial charge in [0.2, 0.25) is 0 Å². The van der Waals surface area contributed by atoms with E-state index >= 15 is 0 Å². The molecule has 0 N–H and O–H groups in total. The number of cyclic esters (lactones) is 1. The standard InChI is InChI=1S/C36H52O7/c1-5-6-7-8-9-10-11-12-13-14-15-16-17-35(37)43-32-21-19-28(25-34(32)41-4)23-30-29(26-42-36(30)38)22-27-18-20-31(39-2)33(24-27)40-3/h18-21,24-25,29-30H,5-17,22-23,26H2,1-4H3/t29-,30+/m0/s1. The lowest BCUT2D eigenvalue weighted by Crippen LogP contribution is -2.20. The summed E-state index contributed by atoms with van der Waals surface area (Å²) < 4.78 is 27.4. The highest BCUT2D eigenvalue weighted by molar-refractivity contribution is 5.75. The summed E-state index contributed by atoms with van der Waals surface area (Å²) in [5.74, 6) is 1.55. The molecule has 1 aliphatic heterocycles. The maximum Gasteiger partial charge on any atom is 0.311 e. The Bertz CT molecular complexity index is 1130. The molecule has 0 unspecified atom stereocenters. The van der Waals surface area contributed by atoms with E-state index in [4.69, 9.17) is 23.7 Å². The average Bonchev–Trinajstić information content (AvgIpc) is 3.36. The van der Waals surface area contributed by atoms with Crippen LogP contribution in [0.25, 0.3) is 0 Å². The third-order valence-corrected chi connectivity index (χ3v) is 8.40. The number of methoxy groups -OCH3 is 3. The van der Waals surface area contributed by atoms with E-state index in [1.165, 1.54) is 57.8 Å². The Kier molecular flexibility index (Phi) is 15.3. The summed E-state index contributed by atoms with van der Waals surface area (Å²) in [7, 11) is 4.78. The van der Waals surface area contributed by atoms with Crippen molar-refractivity contribution in [3.63, 3.8) is 0 Å². The lowest BCUT2D eigenvalue weighted by atomic mass is 9.85. The van der Waals surface area contributed by atoms with E-state index in [1.807, 2.05) is 30.3 Å². The van der Waals surface area contributed by atoms with Gasteiger partial charge in [0.25, 0.3) is 0 Å². The number of carbonyl (C=O) groups excluding carboxylic acids is 2. The summed E-state index contributed by atoms with van der Waals surface area (Å²) in [6.45, 7) is 2.63. The van der Waals surface area contributed by atoms with Crippen molar-refractivity contribution in [1.29, 1.82) is 0 Å². The van der Waals surface area contributed by atoms with E-state index in [9.17, 15) is 9.59 Å². The van der Waals surface area contributed by atoms with Crippen LogP contribution < -0.4 is 18.9 Å². The largest absolute Gasteiger partial charge is 0.493 e. The molecule has 0 saturated carbocycles. The third-order valence-electron chi connectivity index (χ3n) is 8.40. The summed E-state index contributed by atoms with van der Waals surface area (Å²) >= 11 is 0. The summed E-state index contributed by atoms with van der Waals surface area (Å²) in [6, 6.07) is 11.3. The molecule has 2 aromatic carbocycles. The fourth-order valence-corrected chi connectivity index (χ4v) is 5.83. The molecule has 2 aromatic rings. The minimum Gasteiger partial charge on any atom is -0.493 e. The van der Waals surface area contributed by atoms with E-state index in [2.05, 4.69) is 6.92 Å². The zero-order valence-corrected chi connectivity index (χ0v) is 26.8. The molecule has 1 aliphatic rings. The number of rotatable bonds is 21. The van der Waals surface area contributed by atoms with Crippen molar-refractivity contribution in [2.24, 2.45) is 11.8 Å². The normalized spacial score (nSPS) is 16.1. The summed E-state index contributed by atoms with van der Waals surface area (Å²) in [4.78, 5) is 25.2. The Morgan fingerprint density at radius 1 is 0.698 bits per heavy atom. The zero-order valence-electron chi connectivity index (χ0n) is 26.8. The lowest BCUT2D eigenvalue weighted by molar-refractivity contribution is -0.141. The van der Waals surface area contributed by atoms with Crippen molar-refractivity contribution in [3.8, 4) is 23.0 Å². The van der Waals surface area contributed by atoms with Gasteiger partial charge in [0.15, 0.2) is 23.0 Å². The molecule has 7 nitrogen and oxygen atoms in total. The van der Waals surface area contributed by atoms with Gasteiger partial charge in [-0.1, -0.05) is 89.7 Å². The first-order valence-electron chi connectivity index (χ1n) is 16.2. The van der Waals surface area contributed by atoms with Gasteiger partial charge in [0, 0.05) is 12.3 Å².